The zero-order valence-corrected chi connectivity index (χ0v) is 14.0. The summed E-state index contributed by atoms with van der Waals surface area (Å²) < 4.78 is 19.3. The molecule has 25 heavy (non-hydrogen) atoms. The molecule has 0 spiro atoms. The molecule has 1 amide bonds. The number of benzene rings is 2. The molecular weight excluding hydrogens is 325 g/mol. The molecule has 0 aromatic heterocycles. The molecule has 0 unspecified atom stereocenters. The first kappa shape index (κ1) is 18.4. The molecule has 1 N–H and O–H groups in total. The fourth-order valence-corrected chi connectivity index (χ4v) is 2.35. The van der Waals surface area contributed by atoms with Crippen molar-refractivity contribution in [2.75, 3.05) is 0 Å². The smallest absolute Gasteiger partial charge is 0.254 e. The van der Waals surface area contributed by atoms with E-state index in [2.05, 4.69) is 5.32 Å². The Morgan fingerprint density at radius 2 is 1.76 bits per heavy atom. The molecule has 0 bridgehead atoms. The van der Waals surface area contributed by atoms with E-state index in [-0.39, 0.29) is 11.7 Å². The molecule has 0 saturated carbocycles. The first-order valence-electron chi connectivity index (χ1n) is 7.88. The van der Waals surface area contributed by atoms with Gasteiger partial charge in [-0.3, -0.25) is 4.79 Å². The lowest BCUT2D eigenvalue weighted by Gasteiger charge is -2.20. The predicted molar refractivity (Wildman–Crippen MR) is 88.4 cm³/mol. The van der Waals surface area contributed by atoms with Gasteiger partial charge in [-0.2, -0.15) is 0 Å². The van der Waals surface area contributed by atoms with E-state index < -0.39 is 30.2 Å². The van der Waals surface area contributed by atoms with Crippen LogP contribution in [0, 0.1) is 5.82 Å². The van der Waals surface area contributed by atoms with E-state index in [9.17, 15) is 19.1 Å². The van der Waals surface area contributed by atoms with Crippen LogP contribution in [0.25, 0.3) is 0 Å². The topological polar surface area (TPSA) is 78.5 Å². The Morgan fingerprint density at radius 3 is 2.32 bits per heavy atom. The summed E-state index contributed by atoms with van der Waals surface area (Å²) in [5, 5.41) is 13.6. The van der Waals surface area contributed by atoms with Gasteiger partial charge in [-0.15, -0.1) is 0 Å². The van der Waals surface area contributed by atoms with Crippen molar-refractivity contribution in [2.24, 2.45) is 0 Å². The van der Waals surface area contributed by atoms with Gasteiger partial charge in [-0.25, -0.2) is 4.39 Å². The fourth-order valence-electron chi connectivity index (χ4n) is 2.35. The second kappa shape index (κ2) is 8.28. The largest absolute Gasteiger partial charge is 0.550 e. The summed E-state index contributed by atoms with van der Waals surface area (Å²) in [6.07, 6.45) is -0.421. The van der Waals surface area contributed by atoms with Crippen LogP contribution in [0.2, 0.25) is 0 Å². The van der Waals surface area contributed by atoms with E-state index in [0.717, 1.165) is 0 Å². The summed E-state index contributed by atoms with van der Waals surface area (Å²) in [6, 6.07) is 11.4. The monoisotopic (exact) mass is 344 g/mol. The average molecular weight is 344 g/mol. The SMILES string of the molecule is CC(C)Oc1ccc([C@H](CC(=O)[O-])NC(=O)c2ccccc2F)cc1. The summed E-state index contributed by atoms with van der Waals surface area (Å²) in [7, 11) is 0. The minimum atomic E-state index is -1.32. The maximum absolute atomic E-state index is 13.7. The summed E-state index contributed by atoms with van der Waals surface area (Å²) in [6.45, 7) is 3.78. The number of hydrogen-bond donors (Lipinski definition) is 1. The van der Waals surface area contributed by atoms with E-state index in [4.69, 9.17) is 4.74 Å². The van der Waals surface area contributed by atoms with Crippen LogP contribution in [0.3, 0.4) is 0 Å². The van der Waals surface area contributed by atoms with Crippen molar-refractivity contribution in [1.29, 1.82) is 0 Å². The molecule has 0 aliphatic rings. The Labute approximate surface area is 145 Å². The molecule has 0 aliphatic carbocycles. The second-order valence-corrected chi connectivity index (χ2v) is 5.82. The first-order valence-corrected chi connectivity index (χ1v) is 7.88. The zero-order chi connectivity index (χ0) is 18.4. The molecule has 2 aromatic carbocycles. The van der Waals surface area contributed by atoms with Gasteiger partial charge in [-0.05, 0) is 43.7 Å². The minimum Gasteiger partial charge on any atom is -0.550 e. The van der Waals surface area contributed by atoms with Crippen LogP contribution in [0.4, 0.5) is 4.39 Å². The number of carboxylic acids is 1. The van der Waals surface area contributed by atoms with Crippen molar-refractivity contribution >= 4 is 11.9 Å². The number of rotatable bonds is 7. The van der Waals surface area contributed by atoms with Crippen molar-refractivity contribution in [3.05, 3.63) is 65.5 Å². The highest BCUT2D eigenvalue weighted by atomic mass is 19.1. The van der Waals surface area contributed by atoms with Crippen molar-refractivity contribution in [3.8, 4) is 5.75 Å². The molecule has 2 aromatic rings. The Kier molecular flexibility index (Phi) is 6.11. The zero-order valence-electron chi connectivity index (χ0n) is 14.0. The van der Waals surface area contributed by atoms with E-state index in [0.29, 0.717) is 11.3 Å². The summed E-state index contributed by atoms with van der Waals surface area (Å²) in [5.74, 6) is -2.05. The van der Waals surface area contributed by atoms with E-state index in [1.165, 1.54) is 24.3 Å². The summed E-state index contributed by atoms with van der Waals surface area (Å²) >= 11 is 0. The highest BCUT2D eigenvalue weighted by Gasteiger charge is 2.18. The lowest BCUT2D eigenvalue weighted by atomic mass is 10.0. The third-order valence-corrected chi connectivity index (χ3v) is 3.45. The number of amides is 1. The van der Waals surface area contributed by atoms with Gasteiger partial charge >= 0.3 is 0 Å². The normalized spacial score (nSPS) is 11.8. The van der Waals surface area contributed by atoms with Gasteiger partial charge in [0.25, 0.3) is 5.91 Å². The Balaban J connectivity index is 2.20. The van der Waals surface area contributed by atoms with Crippen LogP contribution in [0.1, 0.15) is 42.2 Å². The predicted octanol–water partition coefficient (Wildman–Crippen LogP) is 2.22. The van der Waals surface area contributed by atoms with Crippen LogP contribution >= 0.6 is 0 Å². The molecule has 0 fully saturated rings. The maximum Gasteiger partial charge on any atom is 0.254 e. The molecule has 2 rings (SSSR count). The number of carbonyl (C=O) groups is 2. The van der Waals surface area contributed by atoms with Crippen LogP contribution in [-0.2, 0) is 4.79 Å². The standard InChI is InChI=1S/C19H20FNO4/c1-12(2)25-14-9-7-13(8-10-14)17(11-18(22)23)21-19(24)15-5-3-4-6-16(15)20/h3-10,12,17H,11H2,1-2H3,(H,21,24)(H,22,23)/p-1/t17-/m0/s1. The van der Waals surface area contributed by atoms with Crippen molar-refractivity contribution in [3.63, 3.8) is 0 Å². The minimum absolute atomic E-state index is 0.00521. The quantitative estimate of drug-likeness (QED) is 0.835. The Morgan fingerprint density at radius 1 is 1.12 bits per heavy atom. The molecular formula is C19H19FNO4-. The fraction of sp³-hybridized carbons (Fsp3) is 0.263. The molecule has 0 aliphatic heterocycles. The van der Waals surface area contributed by atoms with Crippen LogP contribution < -0.4 is 15.2 Å². The molecule has 1 atom stereocenters. The molecule has 132 valence electrons. The molecule has 5 nitrogen and oxygen atoms in total. The average Bonchev–Trinajstić information content (AvgIpc) is 2.54. The number of ether oxygens (including phenoxy) is 1. The third-order valence-electron chi connectivity index (χ3n) is 3.45. The highest BCUT2D eigenvalue weighted by molar-refractivity contribution is 5.94. The van der Waals surface area contributed by atoms with Crippen molar-refractivity contribution in [1.82, 2.24) is 5.32 Å². The first-order chi connectivity index (χ1) is 11.9. The van der Waals surface area contributed by atoms with Gasteiger partial charge in [0.2, 0.25) is 0 Å². The van der Waals surface area contributed by atoms with Gasteiger partial charge in [0.05, 0.1) is 17.7 Å². The number of carboxylic acid groups (broad SMARTS) is 1. The summed E-state index contributed by atoms with van der Waals surface area (Å²) in [4.78, 5) is 23.3. The maximum atomic E-state index is 13.7. The summed E-state index contributed by atoms with van der Waals surface area (Å²) in [5.41, 5.74) is 0.413. The second-order valence-electron chi connectivity index (χ2n) is 5.82. The van der Waals surface area contributed by atoms with E-state index in [1.54, 1.807) is 24.3 Å². The third kappa shape index (κ3) is 5.31. The highest BCUT2D eigenvalue weighted by Crippen LogP contribution is 2.22. The van der Waals surface area contributed by atoms with E-state index >= 15 is 0 Å². The van der Waals surface area contributed by atoms with Crippen molar-refractivity contribution < 1.29 is 23.8 Å². The Hall–Kier alpha value is -2.89. The molecule has 0 radical (unpaired) electrons. The number of hydrogen-bond acceptors (Lipinski definition) is 4. The molecule has 0 heterocycles. The van der Waals surface area contributed by atoms with Crippen LogP contribution in [-0.4, -0.2) is 18.0 Å². The lowest BCUT2D eigenvalue weighted by molar-refractivity contribution is -0.306. The van der Waals surface area contributed by atoms with E-state index in [1.807, 2.05) is 13.8 Å². The number of carbonyl (C=O) groups excluding carboxylic acids is 2. The molecule has 6 heteroatoms. The Bertz CT molecular complexity index is 743. The van der Waals surface area contributed by atoms with Gasteiger partial charge in [0, 0.05) is 12.4 Å². The number of aliphatic carboxylic acids is 1. The molecule has 0 saturated heterocycles. The van der Waals surface area contributed by atoms with Gasteiger partial charge in [0.15, 0.2) is 0 Å². The number of nitrogens with one attached hydrogen (secondary N) is 1. The van der Waals surface area contributed by atoms with Crippen molar-refractivity contribution in [2.45, 2.75) is 32.4 Å². The van der Waals surface area contributed by atoms with Gasteiger partial charge in [-0.1, -0.05) is 24.3 Å². The van der Waals surface area contributed by atoms with Crippen LogP contribution in [0.15, 0.2) is 48.5 Å². The lowest BCUT2D eigenvalue weighted by Crippen LogP contribution is -2.34. The van der Waals surface area contributed by atoms with Crippen LogP contribution in [0.5, 0.6) is 5.75 Å². The number of halogens is 1. The van der Waals surface area contributed by atoms with Gasteiger partial charge in [0.1, 0.15) is 11.6 Å². The van der Waals surface area contributed by atoms with Gasteiger partial charge < -0.3 is 20.0 Å².